The van der Waals surface area contributed by atoms with E-state index in [4.69, 9.17) is 10.7 Å². The molecule has 0 saturated heterocycles. The number of ketones is 1. The Hall–Kier alpha value is -2.93. The number of benzene rings is 1. The van der Waals surface area contributed by atoms with Crippen molar-refractivity contribution in [2.24, 2.45) is 5.41 Å². The molecule has 4 rings (SSSR count). The summed E-state index contributed by atoms with van der Waals surface area (Å²) in [6.45, 7) is 4.10. The quantitative estimate of drug-likeness (QED) is 0.663. The van der Waals surface area contributed by atoms with Gasteiger partial charge in [-0.2, -0.15) is 0 Å². The number of carbonyl (C=O) groups excluding carboxylic acids is 1. The second-order valence-electron chi connectivity index (χ2n) is 8.52. The fraction of sp³-hybridized carbons (Fsp3) is 0.318. The SMILES string of the molecule is CN(C)c1ccc(-c2c3c(nc4sc(C(=O)O)c(N)c24)CC(C)(C)CC3=O)cc1. The molecule has 29 heavy (non-hydrogen) atoms. The highest BCUT2D eigenvalue weighted by molar-refractivity contribution is 7.21. The maximum atomic E-state index is 13.2. The third-order valence-electron chi connectivity index (χ3n) is 5.38. The number of fused-ring (bicyclic) bond motifs is 2. The number of nitrogens with zero attached hydrogens (tertiary/aromatic N) is 2. The van der Waals surface area contributed by atoms with Gasteiger partial charge in [-0.3, -0.25) is 4.79 Å². The van der Waals surface area contributed by atoms with E-state index in [1.807, 2.05) is 43.3 Å². The van der Waals surface area contributed by atoms with Crippen LogP contribution >= 0.6 is 11.3 Å². The number of nitrogen functional groups attached to an aromatic ring is 1. The molecular weight excluding hydrogens is 386 g/mol. The Morgan fingerprint density at radius 2 is 1.83 bits per heavy atom. The number of aromatic carboxylic acids is 1. The highest BCUT2D eigenvalue weighted by Crippen LogP contribution is 2.46. The Morgan fingerprint density at radius 3 is 2.41 bits per heavy atom. The lowest BCUT2D eigenvalue weighted by atomic mass is 9.73. The van der Waals surface area contributed by atoms with E-state index in [9.17, 15) is 14.7 Å². The number of thiophene rings is 1. The van der Waals surface area contributed by atoms with Crippen LogP contribution in [0.4, 0.5) is 11.4 Å². The van der Waals surface area contributed by atoms with Gasteiger partial charge in [0.05, 0.1) is 11.4 Å². The van der Waals surface area contributed by atoms with E-state index in [2.05, 4.69) is 13.8 Å². The fourth-order valence-electron chi connectivity index (χ4n) is 4.04. The molecule has 1 aliphatic rings. The summed E-state index contributed by atoms with van der Waals surface area (Å²) in [6.07, 6.45) is 1.08. The molecular formula is C22H23N3O3S. The molecule has 0 unspecified atom stereocenters. The Labute approximate surface area is 173 Å². The smallest absolute Gasteiger partial charge is 0.348 e. The number of carboxylic acid groups (broad SMARTS) is 1. The number of hydrogen-bond acceptors (Lipinski definition) is 6. The van der Waals surface area contributed by atoms with Gasteiger partial charge in [0.1, 0.15) is 9.71 Å². The van der Waals surface area contributed by atoms with Crippen LogP contribution in [0, 0.1) is 5.41 Å². The first-order valence-electron chi connectivity index (χ1n) is 9.38. The normalized spacial score (nSPS) is 15.4. The van der Waals surface area contributed by atoms with Gasteiger partial charge in [0.15, 0.2) is 5.78 Å². The van der Waals surface area contributed by atoms with Crippen LogP contribution in [0.3, 0.4) is 0 Å². The molecule has 0 fully saturated rings. The van der Waals surface area contributed by atoms with Crippen LogP contribution in [0.1, 0.15) is 46.0 Å². The Bertz CT molecular complexity index is 1160. The van der Waals surface area contributed by atoms with Crippen LogP contribution in [-0.2, 0) is 6.42 Å². The number of carbonyl (C=O) groups is 2. The molecule has 0 aliphatic heterocycles. The van der Waals surface area contributed by atoms with Gasteiger partial charge in [-0.25, -0.2) is 9.78 Å². The zero-order valence-corrected chi connectivity index (χ0v) is 17.7. The van der Waals surface area contributed by atoms with E-state index in [1.54, 1.807) is 0 Å². The zero-order valence-electron chi connectivity index (χ0n) is 16.9. The molecule has 2 aromatic heterocycles. The highest BCUT2D eigenvalue weighted by atomic mass is 32.1. The molecule has 0 atom stereocenters. The van der Waals surface area contributed by atoms with Crippen LogP contribution in [-0.4, -0.2) is 35.9 Å². The molecule has 0 saturated carbocycles. The van der Waals surface area contributed by atoms with Gasteiger partial charge >= 0.3 is 5.97 Å². The van der Waals surface area contributed by atoms with Crippen LogP contribution < -0.4 is 10.6 Å². The largest absolute Gasteiger partial charge is 0.477 e. The standard InChI is InChI=1S/C22H23N3O3S/c1-22(2)9-13-16(14(26)10-22)15(11-5-7-12(8-6-11)25(3)4)17-18(23)19(21(27)28)29-20(17)24-13/h5-8H,9-10,23H2,1-4H3,(H,27,28). The van der Waals surface area contributed by atoms with Crippen molar-refractivity contribution in [1.82, 2.24) is 4.98 Å². The van der Waals surface area contributed by atoms with Gasteiger partial charge in [0, 0.05) is 42.7 Å². The van der Waals surface area contributed by atoms with E-state index in [0.29, 0.717) is 34.2 Å². The van der Waals surface area contributed by atoms with E-state index in [1.165, 1.54) is 0 Å². The molecule has 1 aromatic carbocycles. The van der Waals surface area contributed by atoms with Crippen molar-refractivity contribution >= 4 is 44.7 Å². The first kappa shape index (κ1) is 19.4. The summed E-state index contributed by atoms with van der Waals surface area (Å²) in [5.41, 5.74) is 10.1. The summed E-state index contributed by atoms with van der Waals surface area (Å²) in [4.78, 5) is 32.2. The Balaban J connectivity index is 2.08. The van der Waals surface area contributed by atoms with E-state index in [-0.39, 0.29) is 21.8 Å². The number of pyridine rings is 1. The molecule has 7 heteroatoms. The summed E-state index contributed by atoms with van der Waals surface area (Å²) < 4.78 is 0. The number of aromatic nitrogens is 1. The molecule has 1 aliphatic carbocycles. The van der Waals surface area contributed by atoms with Crippen molar-refractivity contribution in [2.45, 2.75) is 26.7 Å². The first-order valence-corrected chi connectivity index (χ1v) is 10.2. The van der Waals surface area contributed by atoms with Gasteiger partial charge in [-0.1, -0.05) is 26.0 Å². The van der Waals surface area contributed by atoms with Crippen molar-refractivity contribution in [3.05, 3.63) is 40.4 Å². The van der Waals surface area contributed by atoms with Gasteiger partial charge in [-0.15, -0.1) is 11.3 Å². The molecule has 0 spiro atoms. The topological polar surface area (TPSA) is 96.5 Å². The monoisotopic (exact) mass is 409 g/mol. The third-order valence-corrected chi connectivity index (χ3v) is 6.47. The average Bonchev–Trinajstić information content (AvgIpc) is 2.95. The first-order chi connectivity index (χ1) is 13.6. The average molecular weight is 410 g/mol. The number of carboxylic acids is 1. The predicted molar refractivity (Wildman–Crippen MR) is 117 cm³/mol. The number of hydrogen-bond donors (Lipinski definition) is 2. The van der Waals surface area contributed by atoms with E-state index < -0.39 is 5.97 Å². The summed E-state index contributed by atoms with van der Waals surface area (Å²) in [7, 11) is 3.92. The lowest BCUT2D eigenvalue weighted by Gasteiger charge is -2.31. The molecule has 2 heterocycles. The number of nitrogens with two attached hydrogens (primary N) is 1. The number of rotatable bonds is 3. The molecule has 0 radical (unpaired) electrons. The summed E-state index contributed by atoms with van der Waals surface area (Å²) in [6, 6.07) is 7.86. The zero-order chi connectivity index (χ0) is 21.1. The maximum Gasteiger partial charge on any atom is 0.348 e. The number of Topliss-reactive ketones (excluding diaryl/α,β-unsaturated/α-hetero) is 1. The van der Waals surface area contributed by atoms with Gasteiger partial charge in [0.25, 0.3) is 0 Å². The van der Waals surface area contributed by atoms with Crippen LogP contribution in [0.15, 0.2) is 24.3 Å². The highest BCUT2D eigenvalue weighted by Gasteiger charge is 2.36. The minimum atomic E-state index is -1.08. The lowest BCUT2D eigenvalue weighted by Crippen LogP contribution is -2.28. The fourth-order valence-corrected chi connectivity index (χ4v) is 5.00. The van der Waals surface area contributed by atoms with Crippen LogP contribution in [0.25, 0.3) is 21.3 Å². The lowest BCUT2D eigenvalue weighted by molar-refractivity contribution is 0.0703. The molecule has 3 N–H and O–H groups in total. The van der Waals surface area contributed by atoms with Crippen molar-refractivity contribution in [1.29, 1.82) is 0 Å². The van der Waals surface area contributed by atoms with E-state index in [0.717, 1.165) is 28.3 Å². The summed E-state index contributed by atoms with van der Waals surface area (Å²) in [5, 5.41) is 10.1. The van der Waals surface area contributed by atoms with Crippen molar-refractivity contribution in [2.75, 3.05) is 24.7 Å². The van der Waals surface area contributed by atoms with Gasteiger partial charge < -0.3 is 15.7 Å². The Morgan fingerprint density at radius 1 is 1.17 bits per heavy atom. The van der Waals surface area contributed by atoms with Crippen molar-refractivity contribution in [3.63, 3.8) is 0 Å². The van der Waals surface area contributed by atoms with Gasteiger partial charge in [-0.05, 0) is 29.5 Å². The summed E-state index contributed by atoms with van der Waals surface area (Å²) in [5.74, 6) is -1.05. The van der Waals surface area contributed by atoms with Crippen LogP contribution in [0.2, 0.25) is 0 Å². The molecule has 150 valence electrons. The predicted octanol–water partition coefficient (Wildman–Crippen LogP) is 4.46. The second kappa shape index (κ2) is 6.56. The number of anilines is 2. The second-order valence-corrected chi connectivity index (χ2v) is 9.52. The molecule has 3 aromatic rings. The van der Waals surface area contributed by atoms with Crippen LogP contribution in [0.5, 0.6) is 0 Å². The van der Waals surface area contributed by atoms with Crippen molar-refractivity contribution < 1.29 is 14.7 Å². The maximum absolute atomic E-state index is 13.2. The van der Waals surface area contributed by atoms with Crippen molar-refractivity contribution in [3.8, 4) is 11.1 Å². The van der Waals surface area contributed by atoms with Gasteiger partial charge in [0.2, 0.25) is 0 Å². The molecule has 6 nitrogen and oxygen atoms in total. The Kier molecular flexibility index (Phi) is 4.38. The minimum Gasteiger partial charge on any atom is -0.477 e. The molecule has 0 bridgehead atoms. The minimum absolute atomic E-state index is 0.0276. The third kappa shape index (κ3) is 3.15. The summed E-state index contributed by atoms with van der Waals surface area (Å²) >= 11 is 1.07. The molecule has 0 amide bonds. The van der Waals surface area contributed by atoms with E-state index >= 15 is 0 Å².